The standard InChI is InChI=1S/C14H18N4O7/c1-8(2)5-11(14(20)21)16-13(19)7-15-10-4-3-9(17(22)23)6-12(10)18(24)25/h3-4,6,8,11,15H,5,7H2,1-2H3,(H,16,19)(H,20,21)/t11-/m0/s1. The van der Waals surface area contributed by atoms with E-state index in [9.17, 15) is 29.8 Å². The van der Waals surface area contributed by atoms with Crippen LogP contribution >= 0.6 is 0 Å². The number of carbonyl (C=O) groups excluding carboxylic acids is 1. The van der Waals surface area contributed by atoms with Gasteiger partial charge in [-0.2, -0.15) is 0 Å². The van der Waals surface area contributed by atoms with Gasteiger partial charge in [0.25, 0.3) is 11.4 Å². The van der Waals surface area contributed by atoms with Crippen LogP contribution in [0.1, 0.15) is 20.3 Å². The summed E-state index contributed by atoms with van der Waals surface area (Å²) < 4.78 is 0. The Morgan fingerprint density at radius 2 is 1.84 bits per heavy atom. The van der Waals surface area contributed by atoms with Crippen LogP contribution in [0.25, 0.3) is 0 Å². The molecular weight excluding hydrogens is 336 g/mol. The van der Waals surface area contributed by atoms with Crippen molar-refractivity contribution in [2.75, 3.05) is 11.9 Å². The van der Waals surface area contributed by atoms with Crippen molar-refractivity contribution >= 4 is 28.9 Å². The van der Waals surface area contributed by atoms with Gasteiger partial charge in [0.15, 0.2) is 0 Å². The molecule has 0 saturated heterocycles. The Kier molecular flexibility index (Phi) is 6.79. The first kappa shape index (κ1) is 19.8. The van der Waals surface area contributed by atoms with Gasteiger partial charge in [-0.05, 0) is 18.4 Å². The average molecular weight is 354 g/mol. The van der Waals surface area contributed by atoms with Gasteiger partial charge in [-0.3, -0.25) is 25.0 Å². The Morgan fingerprint density at radius 1 is 1.20 bits per heavy atom. The van der Waals surface area contributed by atoms with Crippen LogP contribution < -0.4 is 10.6 Å². The smallest absolute Gasteiger partial charge is 0.326 e. The number of carbonyl (C=O) groups is 2. The van der Waals surface area contributed by atoms with E-state index < -0.39 is 45.7 Å². The molecule has 0 fully saturated rings. The summed E-state index contributed by atoms with van der Waals surface area (Å²) in [7, 11) is 0. The third-order valence-electron chi connectivity index (χ3n) is 3.17. The molecule has 0 radical (unpaired) electrons. The summed E-state index contributed by atoms with van der Waals surface area (Å²) in [5, 5.41) is 35.5. The third-order valence-corrected chi connectivity index (χ3v) is 3.17. The van der Waals surface area contributed by atoms with Crippen LogP contribution in [0.4, 0.5) is 17.1 Å². The minimum Gasteiger partial charge on any atom is -0.480 e. The number of nitro benzene ring substituents is 2. The highest BCUT2D eigenvalue weighted by Crippen LogP contribution is 2.28. The lowest BCUT2D eigenvalue weighted by atomic mass is 10.0. The summed E-state index contributed by atoms with van der Waals surface area (Å²) in [5.74, 6) is -1.80. The second-order valence-electron chi connectivity index (χ2n) is 5.66. The van der Waals surface area contributed by atoms with Crippen molar-refractivity contribution in [2.24, 2.45) is 5.92 Å². The molecule has 3 N–H and O–H groups in total. The second-order valence-corrected chi connectivity index (χ2v) is 5.66. The number of nitrogens with one attached hydrogen (secondary N) is 2. The first-order valence-electron chi connectivity index (χ1n) is 7.30. The largest absolute Gasteiger partial charge is 0.480 e. The average Bonchev–Trinajstić information content (AvgIpc) is 2.51. The Morgan fingerprint density at radius 3 is 2.32 bits per heavy atom. The van der Waals surface area contributed by atoms with Gasteiger partial charge in [-0.15, -0.1) is 0 Å². The van der Waals surface area contributed by atoms with Gasteiger partial charge in [-0.1, -0.05) is 13.8 Å². The Balaban J connectivity index is 2.80. The van der Waals surface area contributed by atoms with Crippen molar-refractivity contribution < 1.29 is 24.5 Å². The molecule has 0 bridgehead atoms. The van der Waals surface area contributed by atoms with Gasteiger partial charge in [0.1, 0.15) is 11.7 Å². The minimum atomic E-state index is -1.18. The molecule has 0 saturated carbocycles. The Labute approximate surface area is 142 Å². The predicted octanol–water partition coefficient (Wildman–Crippen LogP) is 1.53. The van der Waals surface area contributed by atoms with E-state index in [0.717, 1.165) is 18.2 Å². The fraction of sp³-hybridized carbons (Fsp3) is 0.429. The number of hydrogen-bond acceptors (Lipinski definition) is 7. The van der Waals surface area contributed by atoms with Crippen molar-refractivity contribution in [1.82, 2.24) is 5.32 Å². The lowest BCUT2D eigenvalue weighted by Crippen LogP contribution is -2.44. The zero-order valence-electron chi connectivity index (χ0n) is 13.6. The van der Waals surface area contributed by atoms with Crippen LogP contribution in [0.5, 0.6) is 0 Å². The molecule has 0 unspecified atom stereocenters. The topological polar surface area (TPSA) is 165 Å². The van der Waals surface area contributed by atoms with E-state index in [0.29, 0.717) is 0 Å². The summed E-state index contributed by atoms with van der Waals surface area (Å²) in [6.07, 6.45) is 0.235. The summed E-state index contributed by atoms with van der Waals surface area (Å²) in [5.41, 5.74) is -1.09. The van der Waals surface area contributed by atoms with E-state index in [1.807, 2.05) is 0 Å². The highest BCUT2D eigenvalue weighted by Gasteiger charge is 2.22. The van der Waals surface area contributed by atoms with Gasteiger partial charge in [0.2, 0.25) is 5.91 Å². The van der Waals surface area contributed by atoms with E-state index in [-0.39, 0.29) is 18.0 Å². The molecule has 0 aliphatic carbocycles. The molecule has 25 heavy (non-hydrogen) atoms. The number of rotatable bonds is 9. The van der Waals surface area contributed by atoms with Crippen LogP contribution in [0.15, 0.2) is 18.2 Å². The molecule has 11 heteroatoms. The Bertz CT molecular complexity index is 690. The van der Waals surface area contributed by atoms with Crippen LogP contribution in [0.2, 0.25) is 0 Å². The molecule has 1 rings (SSSR count). The number of nitro groups is 2. The second kappa shape index (κ2) is 8.57. The van der Waals surface area contributed by atoms with Crippen molar-refractivity contribution in [3.8, 4) is 0 Å². The fourth-order valence-corrected chi connectivity index (χ4v) is 2.05. The molecule has 136 valence electrons. The van der Waals surface area contributed by atoms with E-state index in [1.54, 1.807) is 13.8 Å². The summed E-state index contributed by atoms with van der Waals surface area (Å²) in [6, 6.07) is 1.89. The van der Waals surface area contributed by atoms with Gasteiger partial charge in [0, 0.05) is 6.07 Å². The Hall–Kier alpha value is -3.24. The van der Waals surface area contributed by atoms with Gasteiger partial charge < -0.3 is 15.7 Å². The molecule has 0 aromatic heterocycles. The number of benzene rings is 1. The number of carboxylic acids is 1. The highest BCUT2D eigenvalue weighted by atomic mass is 16.6. The quantitative estimate of drug-likeness (QED) is 0.443. The summed E-state index contributed by atoms with van der Waals surface area (Å²) in [6.45, 7) is 3.20. The zero-order chi connectivity index (χ0) is 19.1. The summed E-state index contributed by atoms with van der Waals surface area (Å²) >= 11 is 0. The fourth-order valence-electron chi connectivity index (χ4n) is 2.05. The number of anilines is 1. The zero-order valence-corrected chi connectivity index (χ0v) is 13.6. The lowest BCUT2D eigenvalue weighted by molar-refractivity contribution is -0.393. The monoisotopic (exact) mass is 354 g/mol. The maximum atomic E-state index is 11.9. The van der Waals surface area contributed by atoms with Crippen molar-refractivity contribution in [2.45, 2.75) is 26.3 Å². The van der Waals surface area contributed by atoms with Crippen LogP contribution in [0.3, 0.4) is 0 Å². The molecule has 0 aliphatic heterocycles. The highest BCUT2D eigenvalue weighted by molar-refractivity contribution is 5.86. The molecule has 0 heterocycles. The molecule has 0 aliphatic rings. The number of hydrogen-bond donors (Lipinski definition) is 3. The normalized spacial score (nSPS) is 11.6. The molecule has 1 aromatic rings. The first-order chi connectivity index (χ1) is 11.6. The number of non-ortho nitro benzene ring substituents is 1. The van der Waals surface area contributed by atoms with Crippen molar-refractivity contribution in [3.63, 3.8) is 0 Å². The minimum absolute atomic E-state index is 0.0464. The van der Waals surface area contributed by atoms with E-state index >= 15 is 0 Å². The molecule has 1 amide bonds. The van der Waals surface area contributed by atoms with E-state index in [1.165, 1.54) is 0 Å². The molecule has 1 aromatic carbocycles. The van der Waals surface area contributed by atoms with Crippen LogP contribution in [-0.2, 0) is 9.59 Å². The number of amides is 1. The number of nitrogens with zero attached hydrogens (tertiary/aromatic N) is 2. The lowest BCUT2D eigenvalue weighted by Gasteiger charge is -2.16. The third kappa shape index (κ3) is 6.05. The van der Waals surface area contributed by atoms with Crippen molar-refractivity contribution in [3.05, 3.63) is 38.4 Å². The maximum absolute atomic E-state index is 11.9. The van der Waals surface area contributed by atoms with Gasteiger partial charge in [0.05, 0.1) is 22.5 Å². The van der Waals surface area contributed by atoms with Crippen LogP contribution in [0, 0.1) is 26.1 Å². The molecule has 0 spiro atoms. The van der Waals surface area contributed by atoms with Gasteiger partial charge >= 0.3 is 5.97 Å². The maximum Gasteiger partial charge on any atom is 0.326 e. The van der Waals surface area contributed by atoms with E-state index in [4.69, 9.17) is 5.11 Å². The first-order valence-corrected chi connectivity index (χ1v) is 7.30. The number of aliphatic carboxylic acids is 1. The van der Waals surface area contributed by atoms with E-state index in [2.05, 4.69) is 10.6 Å². The SMILES string of the molecule is CC(C)C[C@H](NC(=O)CNc1ccc([N+](=O)[O-])cc1[N+](=O)[O-])C(=O)O. The molecule has 11 nitrogen and oxygen atoms in total. The number of carboxylic acid groups (broad SMARTS) is 1. The predicted molar refractivity (Wildman–Crippen MR) is 87.3 cm³/mol. The molecular formula is C14H18N4O7. The van der Waals surface area contributed by atoms with Gasteiger partial charge in [-0.25, -0.2) is 4.79 Å². The summed E-state index contributed by atoms with van der Waals surface area (Å²) in [4.78, 5) is 43.0. The van der Waals surface area contributed by atoms with Crippen molar-refractivity contribution in [1.29, 1.82) is 0 Å². The molecule has 1 atom stereocenters. The van der Waals surface area contributed by atoms with Crippen LogP contribution in [-0.4, -0.2) is 39.4 Å².